The molecule has 0 spiro atoms. The fourth-order valence-corrected chi connectivity index (χ4v) is 2.22. The van der Waals surface area contributed by atoms with Crippen LogP contribution in [-0.4, -0.2) is 30.2 Å². The standard InChI is InChI=1S/C13H19NO2/c1-16-12-7-5-6-11(13(12)15)10-14-8-3-2-4-9-14/h5-7,15H,2-4,8-10H2,1H3. The normalized spacial score (nSPS) is 17.3. The van der Waals surface area contributed by atoms with Gasteiger partial charge in [-0.2, -0.15) is 0 Å². The Kier molecular flexibility index (Phi) is 3.67. The summed E-state index contributed by atoms with van der Waals surface area (Å²) >= 11 is 0. The summed E-state index contributed by atoms with van der Waals surface area (Å²) in [4.78, 5) is 2.39. The number of para-hydroxylation sites is 1. The van der Waals surface area contributed by atoms with Crippen LogP contribution in [0.5, 0.6) is 11.5 Å². The Labute approximate surface area is 96.6 Å². The molecule has 1 saturated heterocycles. The van der Waals surface area contributed by atoms with Crippen molar-refractivity contribution >= 4 is 0 Å². The lowest BCUT2D eigenvalue weighted by molar-refractivity contribution is 0.218. The highest BCUT2D eigenvalue weighted by Gasteiger charge is 2.14. The minimum atomic E-state index is 0.288. The minimum absolute atomic E-state index is 0.288. The highest BCUT2D eigenvalue weighted by molar-refractivity contribution is 5.45. The maximum Gasteiger partial charge on any atom is 0.162 e. The van der Waals surface area contributed by atoms with Crippen LogP contribution in [0.2, 0.25) is 0 Å². The van der Waals surface area contributed by atoms with E-state index in [2.05, 4.69) is 4.90 Å². The van der Waals surface area contributed by atoms with Gasteiger partial charge in [0.2, 0.25) is 0 Å². The molecule has 1 aromatic carbocycles. The van der Waals surface area contributed by atoms with Gasteiger partial charge in [0.05, 0.1) is 7.11 Å². The van der Waals surface area contributed by atoms with E-state index in [1.54, 1.807) is 13.2 Å². The summed E-state index contributed by atoms with van der Waals surface area (Å²) < 4.78 is 5.11. The van der Waals surface area contributed by atoms with Crippen LogP contribution in [-0.2, 0) is 6.54 Å². The second-order valence-electron chi connectivity index (χ2n) is 4.30. The maximum absolute atomic E-state index is 9.97. The van der Waals surface area contributed by atoms with Crippen molar-refractivity contribution < 1.29 is 9.84 Å². The maximum atomic E-state index is 9.97. The molecule has 0 atom stereocenters. The Morgan fingerprint density at radius 2 is 2.00 bits per heavy atom. The number of methoxy groups -OCH3 is 1. The monoisotopic (exact) mass is 221 g/mol. The van der Waals surface area contributed by atoms with Crippen molar-refractivity contribution in [3.8, 4) is 11.5 Å². The molecule has 0 bridgehead atoms. The smallest absolute Gasteiger partial charge is 0.162 e. The molecule has 0 unspecified atom stereocenters. The first kappa shape index (κ1) is 11.3. The summed E-state index contributed by atoms with van der Waals surface area (Å²) in [6.07, 6.45) is 3.87. The lowest BCUT2D eigenvalue weighted by atomic mass is 10.1. The number of rotatable bonds is 3. The minimum Gasteiger partial charge on any atom is -0.504 e. The van der Waals surface area contributed by atoms with Crippen molar-refractivity contribution in [2.75, 3.05) is 20.2 Å². The first-order chi connectivity index (χ1) is 7.81. The Morgan fingerprint density at radius 1 is 1.25 bits per heavy atom. The predicted octanol–water partition coefficient (Wildman–Crippen LogP) is 2.39. The van der Waals surface area contributed by atoms with Crippen LogP contribution in [0.25, 0.3) is 0 Å². The van der Waals surface area contributed by atoms with Gasteiger partial charge in [0, 0.05) is 12.1 Å². The molecule has 88 valence electrons. The number of hydrogen-bond donors (Lipinski definition) is 1. The Bertz CT molecular complexity index is 346. The molecular formula is C13H19NO2. The molecule has 1 aliphatic rings. The molecule has 0 radical (unpaired) electrons. The summed E-state index contributed by atoms with van der Waals surface area (Å²) in [7, 11) is 1.58. The number of aromatic hydroxyl groups is 1. The van der Waals surface area contributed by atoms with Crippen molar-refractivity contribution in [1.29, 1.82) is 0 Å². The average Bonchev–Trinajstić information content (AvgIpc) is 2.33. The molecule has 0 amide bonds. The van der Waals surface area contributed by atoms with Crippen LogP contribution < -0.4 is 4.74 Å². The van der Waals surface area contributed by atoms with Crippen LogP contribution in [0.4, 0.5) is 0 Å². The third-order valence-electron chi connectivity index (χ3n) is 3.15. The topological polar surface area (TPSA) is 32.7 Å². The van der Waals surface area contributed by atoms with E-state index in [0.717, 1.165) is 25.2 Å². The number of nitrogens with zero attached hydrogens (tertiary/aromatic N) is 1. The fourth-order valence-electron chi connectivity index (χ4n) is 2.22. The summed E-state index contributed by atoms with van der Waals surface area (Å²) in [6, 6.07) is 5.68. The molecule has 3 heteroatoms. The molecule has 1 fully saturated rings. The van der Waals surface area contributed by atoms with Crippen LogP contribution in [0.1, 0.15) is 24.8 Å². The summed E-state index contributed by atoms with van der Waals surface area (Å²) in [5, 5.41) is 9.97. The summed E-state index contributed by atoms with van der Waals surface area (Å²) in [5.74, 6) is 0.852. The molecule has 16 heavy (non-hydrogen) atoms. The summed E-state index contributed by atoms with van der Waals surface area (Å²) in [6.45, 7) is 3.09. The average molecular weight is 221 g/mol. The number of piperidine rings is 1. The SMILES string of the molecule is COc1cccc(CN2CCCCC2)c1O. The second kappa shape index (κ2) is 5.21. The van der Waals surface area contributed by atoms with E-state index in [1.165, 1.54) is 19.3 Å². The van der Waals surface area contributed by atoms with Gasteiger partial charge in [-0.3, -0.25) is 4.90 Å². The van der Waals surface area contributed by atoms with Gasteiger partial charge in [0.1, 0.15) is 0 Å². The van der Waals surface area contributed by atoms with Gasteiger partial charge in [0.15, 0.2) is 11.5 Å². The van der Waals surface area contributed by atoms with Crippen LogP contribution in [0.15, 0.2) is 18.2 Å². The van der Waals surface area contributed by atoms with Gasteiger partial charge in [-0.25, -0.2) is 0 Å². The second-order valence-corrected chi connectivity index (χ2v) is 4.30. The zero-order chi connectivity index (χ0) is 11.4. The molecule has 0 aliphatic carbocycles. The van der Waals surface area contributed by atoms with E-state index in [4.69, 9.17) is 4.74 Å². The molecule has 1 N–H and O–H groups in total. The fraction of sp³-hybridized carbons (Fsp3) is 0.538. The molecule has 1 heterocycles. The Morgan fingerprint density at radius 3 is 2.69 bits per heavy atom. The largest absolute Gasteiger partial charge is 0.504 e. The molecule has 0 aromatic heterocycles. The molecule has 1 aromatic rings. The van der Waals surface area contributed by atoms with Crippen LogP contribution >= 0.6 is 0 Å². The van der Waals surface area contributed by atoms with Crippen molar-refractivity contribution in [1.82, 2.24) is 4.90 Å². The highest BCUT2D eigenvalue weighted by Crippen LogP contribution is 2.30. The van der Waals surface area contributed by atoms with E-state index in [0.29, 0.717) is 5.75 Å². The molecule has 2 rings (SSSR count). The number of benzene rings is 1. The van der Waals surface area contributed by atoms with Gasteiger partial charge < -0.3 is 9.84 Å². The number of hydrogen-bond acceptors (Lipinski definition) is 3. The predicted molar refractivity (Wildman–Crippen MR) is 63.8 cm³/mol. The van der Waals surface area contributed by atoms with Gasteiger partial charge in [-0.1, -0.05) is 18.6 Å². The van der Waals surface area contributed by atoms with E-state index >= 15 is 0 Å². The van der Waals surface area contributed by atoms with Crippen molar-refractivity contribution in [2.45, 2.75) is 25.8 Å². The van der Waals surface area contributed by atoms with Gasteiger partial charge >= 0.3 is 0 Å². The third kappa shape index (κ3) is 2.47. The van der Waals surface area contributed by atoms with Gasteiger partial charge in [-0.15, -0.1) is 0 Å². The lowest BCUT2D eigenvalue weighted by Gasteiger charge is -2.26. The molecule has 0 saturated carbocycles. The third-order valence-corrected chi connectivity index (χ3v) is 3.15. The Hall–Kier alpha value is -1.22. The zero-order valence-corrected chi connectivity index (χ0v) is 9.78. The summed E-state index contributed by atoms with van der Waals surface area (Å²) in [5.41, 5.74) is 0.959. The van der Waals surface area contributed by atoms with E-state index in [-0.39, 0.29) is 5.75 Å². The first-order valence-electron chi connectivity index (χ1n) is 5.88. The van der Waals surface area contributed by atoms with E-state index in [1.807, 2.05) is 12.1 Å². The molecule has 1 aliphatic heterocycles. The van der Waals surface area contributed by atoms with Gasteiger partial charge in [-0.05, 0) is 32.0 Å². The van der Waals surface area contributed by atoms with Crippen molar-refractivity contribution in [3.05, 3.63) is 23.8 Å². The number of ether oxygens (including phenoxy) is 1. The van der Waals surface area contributed by atoms with E-state index < -0.39 is 0 Å². The zero-order valence-electron chi connectivity index (χ0n) is 9.78. The quantitative estimate of drug-likeness (QED) is 0.850. The number of likely N-dealkylation sites (tertiary alicyclic amines) is 1. The first-order valence-corrected chi connectivity index (χ1v) is 5.88. The van der Waals surface area contributed by atoms with E-state index in [9.17, 15) is 5.11 Å². The lowest BCUT2D eigenvalue weighted by Crippen LogP contribution is -2.29. The van der Waals surface area contributed by atoms with Crippen LogP contribution in [0, 0.1) is 0 Å². The highest BCUT2D eigenvalue weighted by atomic mass is 16.5. The van der Waals surface area contributed by atoms with Crippen LogP contribution in [0.3, 0.4) is 0 Å². The van der Waals surface area contributed by atoms with Crippen molar-refractivity contribution in [2.24, 2.45) is 0 Å². The number of phenols is 1. The molecule has 3 nitrogen and oxygen atoms in total. The molecular weight excluding hydrogens is 202 g/mol. The number of phenolic OH excluding ortho intramolecular Hbond substituents is 1. The van der Waals surface area contributed by atoms with Crippen molar-refractivity contribution in [3.63, 3.8) is 0 Å². The Balaban J connectivity index is 2.08. The van der Waals surface area contributed by atoms with Gasteiger partial charge in [0.25, 0.3) is 0 Å².